The normalized spacial score (nSPS) is 10.4. The summed E-state index contributed by atoms with van der Waals surface area (Å²) in [7, 11) is 0. The van der Waals surface area contributed by atoms with Crippen LogP contribution in [-0.2, 0) is 0 Å². The Hall–Kier alpha value is -6.96. The van der Waals surface area contributed by atoms with Crippen LogP contribution < -0.4 is 0 Å². The van der Waals surface area contributed by atoms with Gasteiger partial charge < -0.3 is 15.3 Å². The molecule has 9 aromatic carbocycles. The molecule has 0 amide bonds. The van der Waals surface area contributed by atoms with Crippen molar-refractivity contribution >= 4 is 34.8 Å². The Kier molecular flexibility index (Phi) is 40.1. The van der Waals surface area contributed by atoms with Crippen LogP contribution in [0, 0.1) is 17.5 Å². The van der Waals surface area contributed by atoms with E-state index < -0.39 is 0 Å². The van der Waals surface area contributed by atoms with Crippen LogP contribution in [0.15, 0.2) is 218 Å². The van der Waals surface area contributed by atoms with Crippen molar-refractivity contribution in [3.63, 3.8) is 0 Å². The summed E-state index contributed by atoms with van der Waals surface area (Å²) in [6, 6.07) is 66.3. The van der Waals surface area contributed by atoms with E-state index in [1.165, 1.54) is 57.6 Å². The van der Waals surface area contributed by atoms with Crippen molar-refractivity contribution in [2.45, 2.75) is 178 Å². The number of halogens is 6. The summed E-state index contributed by atoms with van der Waals surface area (Å²) in [6.07, 6.45) is 0. The molecular weight excluding hydrogens is 1180 g/mol. The fraction of sp³-hybridized carbons (Fsp3) is 0.333. The quantitative estimate of drug-likeness (QED) is 0.135. The summed E-state index contributed by atoms with van der Waals surface area (Å²) >= 11 is 17.4. The first-order valence-corrected chi connectivity index (χ1v) is 32.3. The number of hydrogen-bond acceptors (Lipinski definition) is 3. The molecule has 0 spiro atoms. The predicted octanol–water partition coefficient (Wildman–Crippen LogP) is 26.8. The van der Waals surface area contributed by atoms with E-state index in [0.717, 1.165) is 31.8 Å². The minimum atomic E-state index is -0.163. The minimum Gasteiger partial charge on any atom is -0.508 e. The van der Waals surface area contributed by atoms with Gasteiger partial charge in [-0.2, -0.15) is 0 Å². The van der Waals surface area contributed by atoms with Gasteiger partial charge in [-0.05, 0) is 194 Å². The van der Waals surface area contributed by atoms with Gasteiger partial charge in [0.2, 0.25) is 0 Å². The molecule has 0 unspecified atom stereocenters. The number of hydrogen-bond donors (Lipinski definition) is 3. The van der Waals surface area contributed by atoms with E-state index in [-0.39, 0.29) is 23.4 Å². The molecule has 0 saturated carbocycles. The Morgan fingerprint density at radius 3 is 0.956 bits per heavy atom. The topological polar surface area (TPSA) is 60.7 Å². The Bertz CT molecular complexity index is 2960. The molecule has 0 aromatic heterocycles. The molecule has 0 aliphatic carbocycles. The molecule has 0 bridgehead atoms. The highest BCUT2D eigenvalue weighted by atomic mass is 35.5. The van der Waals surface area contributed by atoms with Crippen LogP contribution >= 0.6 is 34.8 Å². The standard InChI is InChI=1S/3C9H11Cl.3C9H11F.3C9H12O/c1-7(2)8-3-5-9(10)6-4-8;1-7(2)8-4-3-5-9(10)6-8;1-7(2)8-5-3-4-6-9(8)10;1-7(2)8-3-5-9(10)6-4-8;1-7(2)8-4-3-5-9(10)6-8;1-7(2)8-5-3-4-6-9(8)10;1-7(2)8-3-5-9(10)6-4-8;1-7(2)8-4-3-5-9(10)6-8;1-7(2)8-5-3-4-6-9(8)10/h6*3-7H,1-2H3;3*3-7,10H,1-2H3. The molecule has 9 heteroatoms. The van der Waals surface area contributed by atoms with E-state index in [9.17, 15) is 18.3 Å². The summed E-state index contributed by atoms with van der Waals surface area (Å²) in [4.78, 5) is 0. The lowest BCUT2D eigenvalue weighted by molar-refractivity contribution is 0.465. The number of aromatic hydroxyl groups is 3. The summed E-state index contributed by atoms with van der Waals surface area (Å²) in [5.74, 6) is 4.98. The summed E-state index contributed by atoms with van der Waals surface area (Å²) < 4.78 is 37.7. The van der Waals surface area contributed by atoms with Crippen molar-refractivity contribution in [3.05, 3.63) is 301 Å². The third kappa shape index (κ3) is 34.9. The van der Waals surface area contributed by atoms with E-state index in [1.54, 1.807) is 48.5 Å². The van der Waals surface area contributed by atoms with Gasteiger partial charge in [0.15, 0.2) is 0 Å². The molecular formula is C81H102Cl3F3O3. The molecule has 9 rings (SSSR count). The second-order valence-electron chi connectivity index (χ2n) is 24.4. The Morgan fingerprint density at radius 1 is 0.256 bits per heavy atom. The first kappa shape index (κ1) is 81.1. The van der Waals surface area contributed by atoms with Gasteiger partial charge in [0.1, 0.15) is 34.7 Å². The van der Waals surface area contributed by atoms with Crippen LogP contribution in [0.1, 0.15) is 228 Å². The number of para-hydroxylation sites is 1. The van der Waals surface area contributed by atoms with Gasteiger partial charge in [0, 0.05) is 15.1 Å². The first-order chi connectivity index (χ1) is 42.3. The lowest BCUT2D eigenvalue weighted by Gasteiger charge is -2.05. The Balaban J connectivity index is 0.000000506. The monoisotopic (exact) mass is 1280 g/mol. The van der Waals surface area contributed by atoms with Gasteiger partial charge >= 0.3 is 0 Å². The highest BCUT2D eigenvalue weighted by Crippen LogP contribution is 2.26. The molecule has 9 aromatic rings. The highest BCUT2D eigenvalue weighted by molar-refractivity contribution is 6.31. The lowest BCUT2D eigenvalue weighted by atomic mass is 10.0. The van der Waals surface area contributed by atoms with Crippen LogP contribution in [0.2, 0.25) is 15.1 Å². The van der Waals surface area contributed by atoms with Gasteiger partial charge in [0.25, 0.3) is 0 Å². The van der Waals surface area contributed by atoms with Crippen LogP contribution in [0.25, 0.3) is 0 Å². The maximum absolute atomic E-state index is 12.8. The number of rotatable bonds is 9. The Labute approximate surface area is 556 Å². The molecule has 486 valence electrons. The molecule has 0 saturated heterocycles. The van der Waals surface area contributed by atoms with Crippen molar-refractivity contribution in [2.24, 2.45) is 0 Å². The largest absolute Gasteiger partial charge is 0.508 e. The molecule has 0 heterocycles. The lowest BCUT2D eigenvalue weighted by Crippen LogP contribution is -1.90. The van der Waals surface area contributed by atoms with E-state index in [0.29, 0.717) is 64.6 Å². The van der Waals surface area contributed by atoms with Gasteiger partial charge in [-0.25, -0.2) is 13.2 Å². The van der Waals surface area contributed by atoms with Crippen molar-refractivity contribution in [1.29, 1.82) is 0 Å². The molecule has 3 nitrogen and oxygen atoms in total. The van der Waals surface area contributed by atoms with Crippen molar-refractivity contribution in [1.82, 2.24) is 0 Å². The molecule has 3 N–H and O–H groups in total. The van der Waals surface area contributed by atoms with E-state index in [1.807, 2.05) is 135 Å². The highest BCUT2D eigenvalue weighted by Gasteiger charge is 2.06. The second kappa shape index (κ2) is 44.5. The van der Waals surface area contributed by atoms with E-state index in [4.69, 9.17) is 45.0 Å². The molecule has 0 aliphatic heterocycles. The molecule has 0 radical (unpaired) electrons. The third-order valence-electron chi connectivity index (χ3n) is 13.8. The van der Waals surface area contributed by atoms with Crippen molar-refractivity contribution < 1.29 is 28.5 Å². The molecule has 0 aliphatic rings. The SMILES string of the molecule is CC(C)c1ccc(Cl)cc1.CC(C)c1ccc(F)cc1.CC(C)c1ccc(O)cc1.CC(C)c1cccc(Cl)c1.CC(C)c1cccc(F)c1.CC(C)c1cccc(O)c1.CC(C)c1ccccc1Cl.CC(C)c1ccccc1F.CC(C)c1ccccc1O. The number of benzene rings is 9. The van der Waals surface area contributed by atoms with Crippen molar-refractivity contribution in [2.75, 3.05) is 0 Å². The van der Waals surface area contributed by atoms with Crippen LogP contribution in [0.5, 0.6) is 17.2 Å². The molecule has 0 atom stereocenters. The zero-order valence-electron chi connectivity index (χ0n) is 56.6. The molecule has 0 fully saturated rings. The number of phenols is 3. The smallest absolute Gasteiger partial charge is 0.126 e. The maximum Gasteiger partial charge on any atom is 0.126 e. The van der Waals surface area contributed by atoms with Gasteiger partial charge in [0.05, 0.1) is 0 Å². The predicted molar refractivity (Wildman–Crippen MR) is 385 cm³/mol. The maximum atomic E-state index is 12.8. The van der Waals surface area contributed by atoms with Gasteiger partial charge in [-0.15, -0.1) is 0 Å². The zero-order chi connectivity index (χ0) is 68.0. The average molecular weight is 1290 g/mol. The van der Waals surface area contributed by atoms with Gasteiger partial charge in [-0.3, -0.25) is 0 Å². The average Bonchev–Trinajstić information content (AvgIpc) is 3.71. The summed E-state index contributed by atoms with van der Waals surface area (Å²) in [5, 5.41) is 29.8. The second-order valence-corrected chi connectivity index (χ2v) is 25.7. The summed E-state index contributed by atoms with van der Waals surface area (Å²) in [6.45, 7) is 37.8. The number of phenolic OH excluding ortho intramolecular Hbond substituents is 3. The van der Waals surface area contributed by atoms with E-state index in [2.05, 4.69) is 135 Å². The van der Waals surface area contributed by atoms with Crippen LogP contribution in [0.4, 0.5) is 13.2 Å². The van der Waals surface area contributed by atoms with Crippen molar-refractivity contribution in [3.8, 4) is 17.2 Å². The summed E-state index contributed by atoms with van der Waals surface area (Å²) in [5.41, 5.74) is 10.4. The zero-order valence-corrected chi connectivity index (χ0v) is 58.9. The van der Waals surface area contributed by atoms with Crippen LogP contribution in [0.3, 0.4) is 0 Å². The minimum absolute atomic E-state index is 0.0995. The fourth-order valence-corrected chi connectivity index (χ4v) is 8.71. The first-order valence-electron chi connectivity index (χ1n) is 31.2. The molecule has 90 heavy (non-hydrogen) atoms. The van der Waals surface area contributed by atoms with Crippen LogP contribution in [-0.4, -0.2) is 15.3 Å². The van der Waals surface area contributed by atoms with Gasteiger partial charge in [-0.1, -0.05) is 287 Å². The fourth-order valence-electron chi connectivity index (χ4n) is 8.03. The van der Waals surface area contributed by atoms with E-state index >= 15 is 0 Å². The third-order valence-corrected chi connectivity index (χ3v) is 14.6. The Morgan fingerprint density at radius 2 is 0.622 bits per heavy atom.